The van der Waals surface area contributed by atoms with E-state index in [-0.39, 0.29) is 24.7 Å². The maximum absolute atomic E-state index is 12.0. The van der Waals surface area contributed by atoms with E-state index in [0.717, 1.165) is 30.5 Å². The first-order valence-corrected chi connectivity index (χ1v) is 8.72. The van der Waals surface area contributed by atoms with Crippen LogP contribution in [0.5, 0.6) is 0 Å². The average Bonchev–Trinajstić information content (AvgIpc) is 2.55. The van der Waals surface area contributed by atoms with Gasteiger partial charge >= 0.3 is 0 Å². The number of halogens is 1. The highest BCUT2D eigenvalue weighted by atomic mass is 35.5. The summed E-state index contributed by atoms with van der Waals surface area (Å²) in [6, 6.07) is 5.33. The minimum Gasteiger partial charge on any atom is -0.326 e. The van der Waals surface area contributed by atoms with Crippen LogP contribution in [0.25, 0.3) is 0 Å². The Bertz CT molecular complexity index is 643. The zero-order valence-corrected chi connectivity index (χ0v) is 14.9. The van der Waals surface area contributed by atoms with Gasteiger partial charge in [-0.15, -0.1) is 0 Å². The van der Waals surface area contributed by atoms with Gasteiger partial charge in [0.1, 0.15) is 0 Å². The van der Waals surface area contributed by atoms with E-state index in [1.54, 1.807) is 18.2 Å². The quantitative estimate of drug-likeness (QED) is 0.787. The molecule has 0 saturated heterocycles. The number of carbonyl (C=O) groups excluding carboxylic acids is 2. The zero-order valence-electron chi connectivity index (χ0n) is 14.2. The van der Waals surface area contributed by atoms with E-state index in [1.807, 2.05) is 6.92 Å². The van der Waals surface area contributed by atoms with E-state index < -0.39 is 0 Å². The van der Waals surface area contributed by atoms with Gasteiger partial charge in [0.05, 0.1) is 0 Å². The summed E-state index contributed by atoms with van der Waals surface area (Å²) in [5.74, 6) is 0.175. The highest BCUT2D eigenvalue weighted by Gasteiger charge is 2.14. The van der Waals surface area contributed by atoms with Crippen molar-refractivity contribution in [2.24, 2.45) is 11.0 Å². The lowest BCUT2D eigenvalue weighted by Gasteiger charge is -2.18. The minimum atomic E-state index is -0.237. The lowest BCUT2D eigenvalue weighted by atomic mass is 9.89. The first-order valence-electron chi connectivity index (χ1n) is 8.35. The first-order chi connectivity index (χ1) is 11.5. The molecule has 1 aromatic rings. The zero-order chi connectivity index (χ0) is 17.5. The second kappa shape index (κ2) is 8.83. The SMILES string of the molecule is Cc1c(Cl)cccc1NC(=O)CCC(=O)N/N=C1/CCCC(C)C1. The first kappa shape index (κ1) is 18.5. The summed E-state index contributed by atoms with van der Waals surface area (Å²) in [5, 5.41) is 7.57. The molecule has 0 radical (unpaired) electrons. The third-order valence-corrected chi connectivity index (χ3v) is 4.62. The summed E-state index contributed by atoms with van der Waals surface area (Å²) in [4.78, 5) is 23.8. The van der Waals surface area contributed by atoms with Crippen molar-refractivity contribution >= 4 is 34.8 Å². The van der Waals surface area contributed by atoms with Crippen LogP contribution in [0.1, 0.15) is 51.0 Å². The fraction of sp³-hybridized carbons (Fsp3) is 0.500. The van der Waals surface area contributed by atoms with E-state index >= 15 is 0 Å². The second-order valence-electron chi connectivity index (χ2n) is 6.38. The van der Waals surface area contributed by atoms with Crippen LogP contribution in [0, 0.1) is 12.8 Å². The molecule has 5 nitrogen and oxygen atoms in total. The van der Waals surface area contributed by atoms with Crippen LogP contribution >= 0.6 is 11.6 Å². The molecule has 0 aliphatic heterocycles. The van der Waals surface area contributed by atoms with E-state index in [2.05, 4.69) is 22.8 Å². The van der Waals surface area contributed by atoms with Crippen LogP contribution in [-0.2, 0) is 9.59 Å². The number of amides is 2. The fourth-order valence-corrected chi connectivity index (χ4v) is 2.92. The molecule has 1 aromatic carbocycles. The molecule has 2 amide bonds. The molecule has 0 bridgehead atoms. The van der Waals surface area contributed by atoms with Crippen LogP contribution in [0.2, 0.25) is 5.02 Å². The predicted octanol–water partition coefficient (Wildman–Crippen LogP) is 4.05. The van der Waals surface area contributed by atoms with Crippen molar-refractivity contribution in [3.05, 3.63) is 28.8 Å². The van der Waals surface area contributed by atoms with Crippen molar-refractivity contribution in [1.82, 2.24) is 5.43 Å². The van der Waals surface area contributed by atoms with Gasteiger partial charge in [0.15, 0.2) is 0 Å². The van der Waals surface area contributed by atoms with Gasteiger partial charge < -0.3 is 5.32 Å². The van der Waals surface area contributed by atoms with Gasteiger partial charge in [-0.25, -0.2) is 5.43 Å². The van der Waals surface area contributed by atoms with Gasteiger partial charge in [-0.1, -0.05) is 24.6 Å². The molecule has 2 N–H and O–H groups in total. The smallest absolute Gasteiger partial charge is 0.240 e. The fourth-order valence-electron chi connectivity index (χ4n) is 2.74. The number of anilines is 1. The third kappa shape index (κ3) is 5.64. The van der Waals surface area contributed by atoms with Gasteiger partial charge in [0.25, 0.3) is 0 Å². The Labute approximate surface area is 147 Å². The maximum atomic E-state index is 12.0. The van der Waals surface area contributed by atoms with Gasteiger partial charge in [0, 0.05) is 29.3 Å². The topological polar surface area (TPSA) is 70.6 Å². The number of benzene rings is 1. The Hall–Kier alpha value is -1.88. The molecule has 1 atom stereocenters. The van der Waals surface area contributed by atoms with Crippen LogP contribution in [0.4, 0.5) is 5.69 Å². The van der Waals surface area contributed by atoms with Gasteiger partial charge in [-0.05, 0) is 56.2 Å². The molecule has 6 heteroatoms. The molecule has 1 fully saturated rings. The van der Waals surface area contributed by atoms with Crippen LogP contribution < -0.4 is 10.7 Å². The molecule has 1 saturated carbocycles. The molecule has 1 aliphatic rings. The standard InChI is InChI=1S/C18H24ClN3O2/c1-12-5-3-6-14(11-12)21-22-18(24)10-9-17(23)20-16-8-4-7-15(19)13(16)2/h4,7-8,12H,3,5-6,9-11H2,1-2H3,(H,20,23)(H,22,24)/b21-14-. The Morgan fingerprint density at radius 1 is 1.29 bits per heavy atom. The van der Waals surface area contributed by atoms with Crippen LogP contribution in [0.15, 0.2) is 23.3 Å². The molecule has 0 heterocycles. The summed E-state index contributed by atoms with van der Waals surface area (Å²) in [5.41, 5.74) is 5.09. The molecule has 130 valence electrons. The maximum Gasteiger partial charge on any atom is 0.240 e. The number of hydrazone groups is 1. The summed E-state index contributed by atoms with van der Waals surface area (Å²) >= 11 is 6.02. The summed E-state index contributed by atoms with van der Waals surface area (Å²) in [6.45, 7) is 4.03. The van der Waals surface area contributed by atoms with Crippen molar-refractivity contribution < 1.29 is 9.59 Å². The summed E-state index contributed by atoms with van der Waals surface area (Å²) in [6.07, 6.45) is 4.44. The van der Waals surface area contributed by atoms with Crippen LogP contribution in [-0.4, -0.2) is 17.5 Å². The summed E-state index contributed by atoms with van der Waals surface area (Å²) < 4.78 is 0. The monoisotopic (exact) mass is 349 g/mol. The molecule has 2 rings (SSSR count). The molecule has 1 aliphatic carbocycles. The second-order valence-corrected chi connectivity index (χ2v) is 6.78. The lowest BCUT2D eigenvalue weighted by Crippen LogP contribution is -2.23. The van der Waals surface area contributed by atoms with E-state index in [4.69, 9.17) is 11.6 Å². The average molecular weight is 350 g/mol. The molecule has 24 heavy (non-hydrogen) atoms. The number of hydrogen-bond donors (Lipinski definition) is 2. The highest BCUT2D eigenvalue weighted by Crippen LogP contribution is 2.23. The number of carbonyl (C=O) groups is 2. The molecule has 0 spiro atoms. The number of nitrogens with one attached hydrogen (secondary N) is 2. The van der Waals surface area contributed by atoms with Gasteiger partial charge in [-0.3, -0.25) is 9.59 Å². The molecular weight excluding hydrogens is 326 g/mol. The lowest BCUT2D eigenvalue weighted by molar-refractivity contribution is -0.124. The van der Waals surface area contributed by atoms with Crippen molar-refractivity contribution in [1.29, 1.82) is 0 Å². The van der Waals surface area contributed by atoms with Crippen LogP contribution in [0.3, 0.4) is 0 Å². The normalized spacial score (nSPS) is 19.1. The highest BCUT2D eigenvalue weighted by molar-refractivity contribution is 6.31. The Morgan fingerprint density at radius 2 is 2.04 bits per heavy atom. The van der Waals surface area contributed by atoms with Gasteiger partial charge in [-0.2, -0.15) is 5.10 Å². The van der Waals surface area contributed by atoms with Crippen molar-refractivity contribution in [2.75, 3.05) is 5.32 Å². The van der Waals surface area contributed by atoms with Crippen molar-refractivity contribution in [2.45, 2.75) is 52.4 Å². The number of hydrogen-bond acceptors (Lipinski definition) is 3. The Kier molecular flexibility index (Phi) is 6.79. The largest absolute Gasteiger partial charge is 0.326 e. The number of rotatable bonds is 5. The Balaban J connectivity index is 1.76. The van der Waals surface area contributed by atoms with Gasteiger partial charge in [0.2, 0.25) is 11.8 Å². The number of nitrogens with zero attached hydrogens (tertiary/aromatic N) is 1. The van der Waals surface area contributed by atoms with E-state index in [1.165, 1.54) is 6.42 Å². The molecule has 0 aromatic heterocycles. The van der Waals surface area contributed by atoms with E-state index in [9.17, 15) is 9.59 Å². The third-order valence-electron chi connectivity index (χ3n) is 4.21. The van der Waals surface area contributed by atoms with Crippen molar-refractivity contribution in [3.8, 4) is 0 Å². The predicted molar refractivity (Wildman–Crippen MR) is 97.3 cm³/mol. The summed E-state index contributed by atoms with van der Waals surface area (Å²) in [7, 11) is 0. The minimum absolute atomic E-state index is 0.109. The molecule has 1 unspecified atom stereocenters. The Morgan fingerprint density at radius 3 is 2.79 bits per heavy atom. The van der Waals surface area contributed by atoms with Crippen molar-refractivity contribution in [3.63, 3.8) is 0 Å². The van der Waals surface area contributed by atoms with E-state index in [0.29, 0.717) is 16.6 Å². The molecular formula is C18H24ClN3O2.